The van der Waals surface area contributed by atoms with Crippen LogP contribution in [0.1, 0.15) is 5.69 Å². The number of nitrogens with zero attached hydrogens (tertiary/aromatic N) is 1. The third-order valence-electron chi connectivity index (χ3n) is 2.00. The maximum atomic E-state index is 9.49. The summed E-state index contributed by atoms with van der Waals surface area (Å²) in [5.74, 6) is 0.209. The summed E-state index contributed by atoms with van der Waals surface area (Å²) in [5.41, 5.74) is 4.97. The molecule has 0 radical (unpaired) electrons. The molecule has 0 aliphatic heterocycles. The van der Waals surface area contributed by atoms with E-state index in [1.165, 1.54) is 6.20 Å². The van der Waals surface area contributed by atoms with Gasteiger partial charge in [0.05, 0.1) is 11.9 Å². The lowest BCUT2D eigenvalue weighted by molar-refractivity contribution is -0.106. The minimum absolute atomic E-state index is 0.209. The molecule has 0 saturated heterocycles. The Hall–Kier alpha value is -2.36. The highest BCUT2D eigenvalue weighted by atomic mass is 16.3. The molecule has 3 N–H and O–H groups in total. The van der Waals surface area contributed by atoms with Gasteiger partial charge in [0.15, 0.2) is 0 Å². The third-order valence-corrected chi connectivity index (χ3v) is 2.00. The summed E-state index contributed by atoms with van der Waals surface area (Å²) in [7, 11) is 0. The Morgan fingerprint density at radius 1 is 1.31 bits per heavy atom. The van der Waals surface area contributed by atoms with Gasteiger partial charge in [-0.25, -0.2) is 0 Å². The number of fused-ring (bicyclic) bond motifs is 1. The normalized spacial score (nSPS) is 9.00. The van der Waals surface area contributed by atoms with Crippen molar-refractivity contribution in [3.63, 3.8) is 0 Å². The highest BCUT2D eigenvalue weighted by molar-refractivity contribution is 5.92. The van der Waals surface area contributed by atoms with E-state index in [-0.39, 0.29) is 12.2 Å². The number of nitrogens with two attached hydrogens (primary N) is 1. The summed E-state index contributed by atoms with van der Waals surface area (Å²) in [5, 5.41) is 11.2. The molecule has 1 amide bonds. The Bertz CT molecular complexity index is 509. The van der Waals surface area contributed by atoms with Crippen molar-refractivity contribution in [1.29, 1.82) is 0 Å². The molecule has 0 atom stereocenters. The van der Waals surface area contributed by atoms with Crippen LogP contribution >= 0.6 is 0 Å². The highest BCUT2D eigenvalue weighted by Gasteiger charge is 2.02. The molecule has 4 heteroatoms. The van der Waals surface area contributed by atoms with Crippen LogP contribution in [0.25, 0.3) is 16.8 Å². The van der Waals surface area contributed by atoms with Crippen molar-refractivity contribution in [2.45, 2.75) is 0 Å². The summed E-state index contributed by atoms with van der Waals surface area (Å²) in [6.45, 7) is 3.67. The van der Waals surface area contributed by atoms with Crippen LogP contribution in [0.3, 0.4) is 0 Å². The standard InChI is InChI=1S/C11H9NO.CH3NO/c1-2-10-8-5-3-4-6-9(8)11(13)7-12-10;2-1-3/h2-7,13H,1H2;1H,(H2,2,3). The van der Waals surface area contributed by atoms with Gasteiger partial charge in [-0.2, -0.15) is 0 Å². The van der Waals surface area contributed by atoms with Crippen LogP contribution in [0.15, 0.2) is 37.0 Å². The van der Waals surface area contributed by atoms with E-state index in [1.54, 1.807) is 6.08 Å². The minimum Gasteiger partial charge on any atom is -0.506 e. The van der Waals surface area contributed by atoms with Gasteiger partial charge in [0.2, 0.25) is 6.41 Å². The van der Waals surface area contributed by atoms with Crippen LogP contribution < -0.4 is 5.73 Å². The lowest BCUT2D eigenvalue weighted by Gasteiger charge is -2.02. The molecule has 2 rings (SSSR count). The number of aromatic hydroxyl groups is 1. The van der Waals surface area contributed by atoms with Crippen LogP contribution in [0, 0.1) is 0 Å². The van der Waals surface area contributed by atoms with Crippen molar-refractivity contribution < 1.29 is 9.90 Å². The first-order chi connectivity index (χ1) is 7.74. The summed E-state index contributed by atoms with van der Waals surface area (Å²) >= 11 is 0. The Kier molecular flexibility index (Phi) is 4.03. The Balaban J connectivity index is 0.000000386. The minimum atomic E-state index is 0.209. The van der Waals surface area contributed by atoms with Crippen molar-refractivity contribution >= 4 is 23.3 Å². The molecule has 1 heterocycles. The maximum absolute atomic E-state index is 9.49. The second kappa shape index (κ2) is 5.50. The Labute approximate surface area is 93.0 Å². The number of amides is 1. The molecule has 2 aromatic rings. The summed E-state index contributed by atoms with van der Waals surface area (Å²) in [4.78, 5) is 12.6. The predicted molar refractivity (Wildman–Crippen MR) is 63.8 cm³/mol. The zero-order valence-corrected chi connectivity index (χ0v) is 8.63. The summed E-state index contributed by atoms with van der Waals surface area (Å²) in [6, 6.07) is 7.57. The largest absolute Gasteiger partial charge is 0.506 e. The van der Waals surface area contributed by atoms with Gasteiger partial charge >= 0.3 is 0 Å². The van der Waals surface area contributed by atoms with Gasteiger partial charge in [0, 0.05) is 10.8 Å². The molecule has 4 nitrogen and oxygen atoms in total. The quantitative estimate of drug-likeness (QED) is 0.712. The molecule has 1 aromatic heterocycles. The molecule has 16 heavy (non-hydrogen) atoms. The van der Waals surface area contributed by atoms with E-state index < -0.39 is 0 Å². The van der Waals surface area contributed by atoms with Gasteiger partial charge < -0.3 is 10.8 Å². The topological polar surface area (TPSA) is 76.2 Å². The van der Waals surface area contributed by atoms with E-state index in [1.807, 2.05) is 24.3 Å². The fourth-order valence-electron chi connectivity index (χ4n) is 1.36. The number of aromatic nitrogens is 1. The number of hydrogen-bond acceptors (Lipinski definition) is 3. The zero-order chi connectivity index (χ0) is 12.0. The van der Waals surface area contributed by atoms with Gasteiger partial charge in [-0.3, -0.25) is 9.78 Å². The molecule has 0 aliphatic carbocycles. The van der Waals surface area contributed by atoms with Gasteiger partial charge in [-0.15, -0.1) is 0 Å². The number of primary amides is 1. The van der Waals surface area contributed by atoms with E-state index in [9.17, 15) is 5.11 Å². The van der Waals surface area contributed by atoms with Crippen LogP contribution in [-0.2, 0) is 4.79 Å². The molecular weight excluding hydrogens is 204 g/mol. The lowest BCUT2D eigenvalue weighted by atomic mass is 10.1. The number of pyridine rings is 1. The predicted octanol–water partition coefficient (Wildman–Crippen LogP) is 1.68. The van der Waals surface area contributed by atoms with E-state index in [4.69, 9.17) is 4.79 Å². The van der Waals surface area contributed by atoms with Gasteiger partial charge in [-0.05, 0) is 6.08 Å². The second-order valence-electron chi connectivity index (χ2n) is 2.91. The average Bonchev–Trinajstić information content (AvgIpc) is 2.31. The first-order valence-electron chi connectivity index (χ1n) is 4.59. The van der Waals surface area contributed by atoms with Crippen molar-refractivity contribution in [2.24, 2.45) is 5.73 Å². The van der Waals surface area contributed by atoms with Crippen LogP contribution in [0.5, 0.6) is 5.75 Å². The summed E-state index contributed by atoms with van der Waals surface area (Å²) < 4.78 is 0. The molecule has 82 valence electrons. The van der Waals surface area contributed by atoms with Crippen molar-refractivity contribution in [3.8, 4) is 5.75 Å². The molecule has 0 saturated carbocycles. The smallest absolute Gasteiger partial charge is 0.204 e. The number of benzene rings is 1. The summed E-state index contributed by atoms with van der Waals surface area (Å²) in [6.07, 6.45) is 3.38. The van der Waals surface area contributed by atoms with Crippen LogP contribution in [-0.4, -0.2) is 16.5 Å². The fourth-order valence-corrected chi connectivity index (χ4v) is 1.36. The molecule has 0 fully saturated rings. The monoisotopic (exact) mass is 216 g/mol. The van der Waals surface area contributed by atoms with E-state index >= 15 is 0 Å². The Morgan fingerprint density at radius 2 is 1.88 bits per heavy atom. The van der Waals surface area contributed by atoms with Gasteiger partial charge in [-0.1, -0.05) is 30.8 Å². The lowest BCUT2D eigenvalue weighted by Crippen LogP contribution is -1.83. The van der Waals surface area contributed by atoms with E-state index in [0.29, 0.717) is 0 Å². The SMILES string of the molecule is C=Cc1ncc(O)c2ccccc12.NC=O. The molecule has 1 aromatic carbocycles. The average molecular weight is 216 g/mol. The molecule has 0 unspecified atom stereocenters. The van der Waals surface area contributed by atoms with Gasteiger partial charge in [0.25, 0.3) is 0 Å². The highest BCUT2D eigenvalue weighted by Crippen LogP contribution is 2.25. The first kappa shape index (κ1) is 11.7. The number of carbonyl (C=O) groups is 1. The van der Waals surface area contributed by atoms with E-state index in [2.05, 4.69) is 17.3 Å². The number of hydrogen-bond donors (Lipinski definition) is 2. The maximum Gasteiger partial charge on any atom is 0.204 e. The number of rotatable bonds is 1. The fraction of sp³-hybridized carbons (Fsp3) is 0. The second-order valence-corrected chi connectivity index (χ2v) is 2.91. The van der Waals surface area contributed by atoms with Crippen LogP contribution in [0.2, 0.25) is 0 Å². The van der Waals surface area contributed by atoms with Crippen LogP contribution in [0.4, 0.5) is 0 Å². The molecule has 0 spiro atoms. The van der Waals surface area contributed by atoms with Crippen molar-refractivity contribution in [1.82, 2.24) is 4.98 Å². The van der Waals surface area contributed by atoms with Gasteiger partial charge in [0.1, 0.15) is 5.75 Å². The zero-order valence-electron chi connectivity index (χ0n) is 8.63. The number of carbonyl (C=O) groups excluding carboxylic acids is 1. The first-order valence-corrected chi connectivity index (χ1v) is 4.59. The van der Waals surface area contributed by atoms with E-state index in [0.717, 1.165) is 16.5 Å². The van der Waals surface area contributed by atoms with Crippen molar-refractivity contribution in [3.05, 3.63) is 42.7 Å². The van der Waals surface area contributed by atoms with Crippen molar-refractivity contribution in [2.75, 3.05) is 0 Å². The molecule has 0 aliphatic rings. The Morgan fingerprint density at radius 3 is 2.44 bits per heavy atom. The third kappa shape index (κ3) is 2.36. The molecule has 0 bridgehead atoms. The molecular formula is C12H12N2O2.